The fourth-order valence-electron chi connectivity index (χ4n) is 1.25. The van der Waals surface area contributed by atoms with Crippen LogP contribution in [0, 0.1) is 11.6 Å². The van der Waals surface area contributed by atoms with Crippen LogP contribution in [0.25, 0.3) is 11.5 Å². The van der Waals surface area contributed by atoms with E-state index in [2.05, 4.69) is 4.98 Å². The number of hydrogen-bond acceptors (Lipinski definition) is 3. The minimum Gasteiger partial charge on any atom is -0.464 e. The number of oxazole rings is 1. The molecule has 2 aromatic rings. The average Bonchev–Trinajstić information content (AvgIpc) is 2.71. The molecule has 0 spiro atoms. The third-order valence-corrected chi connectivity index (χ3v) is 1.93. The van der Waals surface area contributed by atoms with Gasteiger partial charge in [0.05, 0.1) is 12.2 Å². The molecule has 0 aliphatic rings. The third-order valence-electron chi connectivity index (χ3n) is 1.93. The zero-order valence-corrected chi connectivity index (χ0v) is 8.54. The minimum atomic E-state index is -0.591. The lowest BCUT2D eigenvalue weighted by molar-refractivity contribution is 0.260. The molecule has 0 radical (unpaired) electrons. The van der Waals surface area contributed by atoms with Gasteiger partial charge in [-0.25, -0.2) is 13.8 Å². The van der Waals surface area contributed by atoms with Crippen LogP contribution in [0.1, 0.15) is 6.92 Å². The Morgan fingerprint density at radius 2 is 2.19 bits per heavy atom. The Balaban J connectivity index is 2.38. The molecule has 0 aliphatic heterocycles. The predicted molar refractivity (Wildman–Crippen MR) is 53.0 cm³/mol. The van der Waals surface area contributed by atoms with Gasteiger partial charge in [-0.1, -0.05) is 0 Å². The zero-order valence-electron chi connectivity index (χ0n) is 8.54. The molecule has 3 nitrogen and oxygen atoms in total. The molecule has 5 heteroatoms. The van der Waals surface area contributed by atoms with Crippen LogP contribution in [-0.2, 0) is 0 Å². The molecule has 0 atom stereocenters. The van der Waals surface area contributed by atoms with Crippen LogP contribution in [0.4, 0.5) is 8.78 Å². The molecule has 0 bridgehead atoms. The summed E-state index contributed by atoms with van der Waals surface area (Å²) < 4.78 is 36.4. The van der Waals surface area contributed by atoms with Gasteiger partial charge in [0.1, 0.15) is 17.8 Å². The molecule has 2 rings (SSSR count). The first-order valence-corrected chi connectivity index (χ1v) is 4.74. The van der Waals surface area contributed by atoms with E-state index in [4.69, 9.17) is 9.15 Å². The second-order valence-electron chi connectivity index (χ2n) is 3.04. The van der Waals surface area contributed by atoms with E-state index >= 15 is 0 Å². The van der Waals surface area contributed by atoms with Crippen LogP contribution in [0.15, 0.2) is 28.8 Å². The van der Waals surface area contributed by atoms with Crippen molar-refractivity contribution in [3.05, 3.63) is 36.0 Å². The van der Waals surface area contributed by atoms with Gasteiger partial charge < -0.3 is 9.15 Å². The number of nitrogens with zero attached hydrogens (tertiary/aromatic N) is 1. The van der Waals surface area contributed by atoms with Crippen molar-refractivity contribution < 1.29 is 17.9 Å². The highest BCUT2D eigenvalue weighted by Crippen LogP contribution is 2.26. The monoisotopic (exact) mass is 225 g/mol. The SMILES string of the molecule is CCOc1cnc(-c2cc(F)ccc2F)o1. The Bertz CT molecular complexity index is 496. The number of hydrogen-bond donors (Lipinski definition) is 0. The fraction of sp³-hybridized carbons (Fsp3) is 0.182. The van der Waals surface area contributed by atoms with Crippen molar-refractivity contribution in [1.82, 2.24) is 4.98 Å². The van der Waals surface area contributed by atoms with E-state index in [0.29, 0.717) is 6.61 Å². The van der Waals surface area contributed by atoms with E-state index in [9.17, 15) is 8.78 Å². The standard InChI is InChI=1S/C11H9F2NO2/c1-2-15-10-6-14-11(16-10)8-5-7(12)3-4-9(8)13/h3-6H,2H2,1H3. The first-order valence-electron chi connectivity index (χ1n) is 4.74. The molecule has 0 fully saturated rings. The first kappa shape index (κ1) is 10.6. The van der Waals surface area contributed by atoms with Crippen LogP contribution in [-0.4, -0.2) is 11.6 Å². The molecule has 1 aromatic heterocycles. The van der Waals surface area contributed by atoms with Crippen LogP contribution >= 0.6 is 0 Å². The first-order chi connectivity index (χ1) is 7.70. The number of halogens is 2. The van der Waals surface area contributed by atoms with Crippen molar-refractivity contribution in [3.63, 3.8) is 0 Å². The van der Waals surface area contributed by atoms with Crippen molar-refractivity contribution in [1.29, 1.82) is 0 Å². The maximum absolute atomic E-state index is 13.3. The maximum atomic E-state index is 13.3. The van der Waals surface area contributed by atoms with Gasteiger partial charge in [0.2, 0.25) is 5.89 Å². The van der Waals surface area contributed by atoms with Crippen molar-refractivity contribution >= 4 is 0 Å². The molecule has 16 heavy (non-hydrogen) atoms. The van der Waals surface area contributed by atoms with Crippen molar-refractivity contribution in [3.8, 4) is 17.4 Å². The van der Waals surface area contributed by atoms with E-state index in [1.807, 2.05) is 0 Å². The van der Waals surface area contributed by atoms with Crippen LogP contribution in [0.2, 0.25) is 0 Å². The lowest BCUT2D eigenvalue weighted by atomic mass is 10.2. The van der Waals surface area contributed by atoms with Gasteiger partial charge in [-0.3, -0.25) is 0 Å². The quantitative estimate of drug-likeness (QED) is 0.805. The van der Waals surface area contributed by atoms with Gasteiger partial charge in [0.15, 0.2) is 0 Å². The number of aromatic nitrogens is 1. The van der Waals surface area contributed by atoms with Gasteiger partial charge >= 0.3 is 5.95 Å². The summed E-state index contributed by atoms with van der Waals surface area (Å²) >= 11 is 0. The van der Waals surface area contributed by atoms with Crippen molar-refractivity contribution in [2.24, 2.45) is 0 Å². The minimum absolute atomic E-state index is 0.000417. The second-order valence-corrected chi connectivity index (χ2v) is 3.04. The van der Waals surface area contributed by atoms with Crippen molar-refractivity contribution in [2.45, 2.75) is 6.92 Å². The second kappa shape index (κ2) is 4.30. The van der Waals surface area contributed by atoms with Gasteiger partial charge in [-0.05, 0) is 25.1 Å². The molecular weight excluding hydrogens is 216 g/mol. The van der Waals surface area contributed by atoms with Crippen LogP contribution in [0.3, 0.4) is 0 Å². The summed E-state index contributed by atoms with van der Waals surface area (Å²) in [5, 5.41) is 0. The molecule has 0 saturated carbocycles. The summed E-state index contributed by atoms with van der Waals surface area (Å²) in [6.45, 7) is 2.20. The predicted octanol–water partition coefficient (Wildman–Crippen LogP) is 3.02. The molecule has 1 aromatic carbocycles. The molecular formula is C11H9F2NO2. The highest BCUT2D eigenvalue weighted by atomic mass is 19.1. The average molecular weight is 225 g/mol. The molecule has 0 amide bonds. The largest absolute Gasteiger partial charge is 0.464 e. The van der Waals surface area contributed by atoms with E-state index in [-0.39, 0.29) is 17.4 Å². The highest BCUT2D eigenvalue weighted by Gasteiger charge is 2.12. The zero-order chi connectivity index (χ0) is 11.5. The normalized spacial score (nSPS) is 10.4. The maximum Gasteiger partial charge on any atom is 0.305 e. The summed E-state index contributed by atoms with van der Waals surface area (Å²) in [5.41, 5.74) is -0.0223. The van der Waals surface area contributed by atoms with E-state index in [0.717, 1.165) is 18.2 Å². The third kappa shape index (κ3) is 2.03. The van der Waals surface area contributed by atoms with E-state index in [1.54, 1.807) is 6.92 Å². The van der Waals surface area contributed by atoms with Gasteiger partial charge in [-0.15, -0.1) is 0 Å². The summed E-state index contributed by atoms with van der Waals surface area (Å²) in [7, 11) is 0. The van der Waals surface area contributed by atoms with Crippen LogP contribution in [0.5, 0.6) is 5.95 Å². The number of benzene rings is 1. The van der Waals surface area contributed by atoms with Gasteiger partial charge in [0, 0.05) is 0 Å². The molecule has 84 valence electrons. The Morgan fingerprint density at radius 1 is 1.38 bits per heavy atom. The Morgan fingerprint density at radius 3 is 2.94 bits per heavy atom. The fourth-order valence-corrected chi connectivity index (χ4v) is 1.25. The summed E-state index contributed by atoms with van der Waals surface area (Å²) in [4.78, 5) is 3.81. The molecule has 0 aliphatic carbocycles. The lowest BCUT2D eigenvalue weighted by Crippen LogP contribution is -1.88. The molecule has 1 heterocycles. The molecule has 0 unspecified atom stereocenters. The van der Waals surface area contributed by atoms with Gasteiger partial charge in [-0.2, -0.15) is 0 Å². The number of ether oxygens (including phenoxy) is 1. The topological polar surface area (TPSA) is 35.3 Å². The Labute approximate surface area is 90.7 Å². The van der Waals surface area contributed by atoms with E-state index < -0.39 is 11.6 Å². The van der Waals surface area contributed by atoms with Gasteiger partial charge in [0.25, 0.3) is 0 Å². The highest BCUT2D eigenvalue weighted by molar-refractivity contribution is 5.54. The smallest absolute Gasteiger partial charge is 0.305 e. The lowest BCUT2D eigenvalue weighted by Gasteiger charge is -1.98. The van der Waals surface area contributed by atoms with Crippen molar-refractivity contribution in [2.75, 3.05) is 6.61 Å². The molecule has 0 saturated heterocycles. The Kier molecular flexibility index (Phi) is 2.85. The van der Waals surface area contributed by atoms with E-state index in [1.165, 1.54) is 6.20 Å². The summed E-state index contributed by atoms with van der Waals surface area (Å²) in [6, 6.07) is 3.08. The van der Waals surface area contributed by atoms with Crippen LogP contribution < -0.4 is 4.74 Å². The molecule has 0 N–H and O–H groups in total. The summed E-state index contributed by atoms with van der Waals surface area (Å²) in [6.07, 6.45) is 1.32. The number of rotatable bonds is 3. The Hall–Kier alpha value is -1.91. The summed E-state index contributed by atoms with van der Waals surface area (Å²) in [5.74, 6) is -0.958.